The van der Waals surface area contributed by atoms with Gasteiger partial charge in [-0.25, -0.2) is 9.02 Å². The molecule has 19 heavy (non-hydrogen) atoms. The number of fused-ring (bicyclic) bond motifs is 1. The molecule has 7 heteroatoms. The molecular weight excluding hydrogens is 250 g/mol. The van der Waals surface area contributed by atoms with Crippen LogP contribution in [0.25, 0.3) is 11.0 Å². The van der Waals surface area contributed by atoms with Gasteiger partial charge in [-0.05, 0) is 44.1 Å². The molecule has 1 saturated heterocycles. The number of nitrogens with zero attached hydrogens (tertiary/aromatic N) is 2. The minimum absolute atomic E-state index is 0.307. The Morgan fingerprint density at radius 3 is 2.11 bits per heavy atom. The molecule has 0 aliphatic carbocycles. The van der Waals surface area contributed by atoms with Gasteiger partial charge in [0.15, 0.2) is 0 Å². The Kier molecular flexibility index (Phi) is 2.49. The number of halogens is 1. The largest absolute Gasteiger partial charge is 0.497 e. The van der Waals surface area contributed by atoms with Gasteiger partial charge in [-0.1, -0.05) is 0 Å². The Morgan fingerprint density at radius 1 is 1.00 bits per heavy atom. The number of hydrogen-bond acceptors (Lipinski definition) is 5. The van der Waals surface area contributed by atoms with Gasteiger partial charge in [0.2, 0.25) is 0 Å². The highest BCUT2D eigenvalue weighted by Gasteiger charge is 2.52. The summed E-state index contributed by atoms with van der Waals surface area (Å²) in [6.07, 6.45) is 0. The van der Waals surface area contributed by atoms with Gasteiger partial charge < -0.3 is 9.31 Å². The summed E-state index contributed by atoms with van der Waals surface area (Å²) >= 11 is 0. The van der Waals surface area contributed by atoms with Gasteiger partial charge in [0, 0.05) is 11.5 Å². The quantitative estimate of drug-likeness (QED) is 0.733. The first-order valence-corrected chi connectivity index (χ1v) is 6.07. The van der Waals surface area contributed by atoms with Gasteiger partial charge in [0.25, 0.3) is 0 Å². The van der Waals surface area contributed by atoms with Crippen molar-refractivity contribution in [1.82, 2.24) is 10.3 Å². The molecule has 1 aliphatic rings. The van der Waals surface area contributed by atoms with Crippen LogP contribution in [0, 0.1) is 5.82 Å². The van der Waals surface area contributed by atoms with Crippen LogP contribution in [0.15, 0.2) is 16.8 Å². The van der Waals surface area contributed by atoms with Crippen molar-refractivity contribution in [1.29, 1.82) is 0 Å². The lowest BCUT2D eigenvalue weighted by molar-refractivity contribution is 0.00578. The molecule has 2 aromatic rings. The number of aromatic nitrogens is 2. The predicted molar refractivity (Wildman–Crippen MR) is 67.5 cm³/mol. The third-order valence-electron chi connectivity index (χ3n) is 3.88. The minimum Gasteiger partial charge on any atom is -0.399 e. The third-order valence-corrected chi connectivity index (χ3v) is 3.88. The zero-order valence-electron chi connectivity index (χ0n) is 11.2. The highest BCUT2D eigenvalue weighted by molar-refractivity contribution is 6.62. The van der Waals surface area contributed by atoms with Gasteiger partial charge in [0.05, 0.1) is 11.2 Å². The molecule has 0 radical (unpaired) electrons. The molecule has 0 atom stereocenters. The van der Waals surface area contributed by atoms with Crippen molar-refractivity contribution in [3.05, 3.63) is 17.9 Å². The van der Waals surface area contributed by atoms with Crippen molar-refractivity contribution >= 4 is 23.6 Å². The van der Waals surface area contributed by atoms with E-state index in [0.29, 0.717) is 16.5 Å². The SMILES string of the molecule is CC1(C)OB(c2cc3nonc3cc2F)OC1(C)C. The van der Waals surface area contributed by atoms with Crippen LogP contribution in [0.3, 0.4) is 0 Å². The number of rotatable bonds is 1. The lowest BCUT2D eigenvalue weighted by Crippen LogP contribution is -2.41. The van der Waals surface area contributed by atoms with E-state index in [4.69, 9.17) is 9.31 Å². The van der Waals surface area contributed by atoms with E-state index in [2.05, 4.69) is 14.9 Å². The zero-order valence-corrected chi connectivity index (χ0v) is 11.2. The van der Waals surface area contributed by atoms with Crippen molar-refractivity contribution in [3.63, 3.8) is 0 Å². The maximum atomic E-state index is 14.1. The average molecular weight is 264 g/mol. The molecule has 0 unspecified atom stereocenters. The molecule has 0 saturated carbocycles. The van der Waals surface area contributed by atoms with Gasteiger partial charge in [-0.15, -0.1) is 0 Å². The van der Waals surface area contributed by atoms with E-state index in [0.717, 1.165) is 0 Å². The minimum atomic E-state index is -0.758. The normalized spacial score (nSPS) is 21.2. The summed E-state index contributed by atoms with van der Waals surface area (Å²) in [4.78, 5) is 0. The van der Waals surface area contributed by atoms with Crippen LogP contribution in [0.5, 0.6) is 0 Å². The lowest BCUT2D eigenvalue weighted by Gasteiger charge is -2.32. The van der Waals surface area contributed by atoms with Crippen LogP contribution >= 0.6 is 0 Å². The van der Waals surface area contributed by atoms with E-state index in [-0.39, 0.29) is 0 Å². The van der Waals surface area contributed by atoms with Gasteiger partial charge in [0.1, 0.15) is 16.9 Å². The molecule has 0 spiro atoms. The zero-order chi connectivity index (χ0) is 13.8. The summed E-state index contributed by atoms with van der Waals surface area (Å²) in [5, 5.41) is 7.30. The topological polar surface area (TPSA) is 57.4 Å². The van der Waals surface area contributed by atoms with Crippen LogP contribution < -0.4 is 5.46 Å². The highest BCUT2D eigenvalue weighted by atomic mass is 19.1. The van der Waals surface area contributed by atoms with Gasteiger partial charge in [-0.3, -0.25) is 0 Å². The molecule has 0 N–H and O–H groups in total. The standard InChI is InChI=1S/C12H14BFN2O3/c1-11(2)12(3,4)18-13(17-11)7-5-9-10(6-8(7)14)16-19-15-9/h5-6H,1-4H3. The molecule has 1 aromatic carbocycles. The summed E-state index contributed by atoms with van der Waals surface area (Å²) in [5.41, 5.74) is 0.133. The van der Waals surface area contributed by atoms with Crippen LogP contribution in [0.2, 0.25) is 0 Å². The van der Waals surface area contributed by atoms with Crippen molar-refractivity contribution in [3.8, 4) is 0 Å². The fourth-order valence-corrected chi connectivity index (χ4v) is 1.97. The average Bonchev–Trinajstić information content (AvgIpc) is 2.80. The maximum Gasteiger partial charge on any atom is 0.497 e. The summed E-state index contributed by atoms with van der Waals surface area (Å²) in [6.45, 7) is 7.67. The molecule has 0 bridgehead atoms. The first kappa shape index (κ1) is 12.6. The molecule has 5 nitrogen and oxygen atoms in total. The van der Waals surface area contributed by atoms with Crippen molar-refractivity contribution in [2.24, 2.45) is 0 Å². The number of hydrogen-bond donors (Lipinski definition) is 0. The van der Waals surface area contributed by atoms with Crippen LogP contribution in [-0.2, 0) is 9.31 Å². The van der Waals surface area contributed by atoms with Crippen LogP contribution in [0.1, 0.15) is 27.7 Å². The second-order valence-electron chi connectivity index (χ2n) is 5.71. The smallest absolute Gasteiger partial charge is 0.399 e. The Hall–Kier alpha value is -1.47. The Balaban J connectivity index is 2.04. The van der Waals surface area contributed by atoms with Crippen molar-refractivity contribution in [2.45, 2.75) is 38.9 Å². The monoisotopic (exact) mass is 264 g/mol. The Labute approximate surface area is 110 Å². The summed E-state index contributed by atoms with van der Waals surface area (Å²) in [5.74, 6) is -0.443. The first-order chi connectivity index (χ1) is 8.80. The van der Waals surface area contributed by atoms with E-state index in [1.807, 2.05) is 27.7 Å². The van der Waals surface area contributed by atoms with Gasteiger partial charge >= 0.3 is 7.12 Å². The first-order valence-electron chi connectivity index (χ1n) is 6.07. The molecule has 1 aromatic heterocycles. The van der Waals surface area contributed by atoms with Crippen LogP contribution in [0.4, 0.5) is 4.39 Å². The Bertz CT molecular complexity index is 625. The molecule has 0 amide bonds. The van der Waals surface area contributed by atoms with Gasteiger partial charge in [-0.2, -0.15) is 0 Å². The molecular formula is C12H14BFN2O3. The van der Waals surface area contributed by atoms with E-state index in [9.17, 15) is 4.39 Å². The summed E-state index contributed by atoms with van der Waals surface area (Å²) in [6, 6.07) is 2.82. The molecule has 1 fully saturated rings. The second-order valence-corrected chi connectivity index (χ2v) is 5.71. The maximum absolute atomic E-state index is 14.1. The molecule has 100 valence electrons. The van der Waals surface area contributed by atoms with Crippen LogP contribution in [-0.4, -0.2) is 28.6 Å². The summed E-state index contributed by atoms with van der Waals surface area (Å²) < 4.78 is 30.3. The van der Waals surface area contributed by atoms with E-state index >= 15 is 0 Å². The van der Waals surface area contributed by atoms with E-state index in [1.54, 1.807) is 6.07 Å². The highest BCUT2D eigenvalue weighted by Crippen LogP contribution is 2.36. The summed E-state index contributed by atoms with van der Waals surface area (Å²) in [7, 11) is -0.758. The predicted octanol–water partition coefficient (Wildman–Crippen LogP) is 1.66. The third kappa shape index (κ3) is 1.84. The number of benzene rings is 1. The van der Waals surface area contributed by atoms with Crippen molar-refractivity contribution in [2.75, 3.05) is 0 Å². The second kappa shape index (κ2) is 3.77. The molecule has 1 aliphatic heterocycles. The lowest BCUT2D eigenvalue weighted by atomic mass is 9.78. The Morgan fingerprint density at radius 2 is 1.53 bits per heavy atom. The fourth-order valence-electron chi connectivity index (χ4n) is 1.97. The molecule has 3 rings (SSSR count). The van der Waals surface area contributed by atoms with E-state index < -0.39 is 24.1 Å². The van der Waals surface area contributed by atoms with E-state index in [1.165, 1.54) is 6.07 Å². The molecule has 2 heterocycles. The van der Waals surface area contributed by atoms with Crippen molar-refractivity contribution < 1.29 is 18.3 Å². The fraction of sp³-hybridized carbons (Fsp3) is 0.500.